The molecule has 0 aliphatic carbocycles. The number of rotatable bonds is 5. The van der Waals surface area contributed by atoms with Crippen LogP contribution in [0.25, 0.3) is 0 Å². The molecule has 0 bridgehead atoms. The Hall–Kier alpha value is -0.930. The lowest BCUT2D eigenvalue weighted by molar-refractivity contribution is 0.242. The predicted molar refractivity (Wildman–Crippen MR) is 71.1 cm³/mol. The normalized spacial score (nSPS) is 24.4. The van der Waals surface area contributed by atoms with Crippen molar-refractivity contribution >= 4 is 0 Å². The van der Waals surface area contributed by atoms with Crippen LogP contribution in [0.15, 0.2) is 24.5 Å². The minimum absolute atomic E-state index is 0.326. The summed E-state index contributed by atoms with van der Waals surface area (Å²) in [4.78, 5) is 6.47. The standard InChI is InChI=1S/C14H23N3/c1-14(7-3-8-16-14)12-17(2)11-6-13-4-9-15-10-5-13/h4-5,9-10,16H,3,6-8,11-12H2,1-2H3. The number of nitrogens with one attached hydrogen (secondary N) is 1. The lowest BCUT2D eigenvalue weighted by Crippen LogP contribution is -2.46. The van der Waals surface area contributed by atoms with Crippen molar-refractivity contribution in [1.82, 2.24) is 15.2 Å². The van der Waals surface area contributed by atoms with Crippen LogP contribution in [0.1, 0.15) is 25.3 Å². The molecule has 3 nitrogen and oxygen atoms in total. The first-order valence-electron chi connectivity index (χ1n) is 6.50. The van der Waals surface area contributed by atoms with Crippen LogP contribution in [-0.2, 0) is 6.42 Å². The van der Waals surface area contributed by atoms with Gasteiger partial charge in [-0.3, -0.25) is 4.98 Å². The monoisotopic (exact) mass is 233 g/mol. The van der Waals surface area contributed by atoms with Crippen molar-refractivity contribution in [2.24, 2.45) is 0 Å². The lowest BCUT2D eigenvalue weighted by Gasteiger charge is -2.30. The number of nitrogens with zero attached hydrogens (tertiary/aromatic N) is 2. The van der Waals surface area contributed by atoms with Crippen molar-refractivity contribution in [3.05, 3.63) is 30.1 Å². The summed E-state index contributed by atoms with van der Waals surface area (Å²) in [5.41, 5.74) is 1.70. The second-order valence-corrected chi connectivity index (χ2v) is 5.43. The molecule has 1 aliphatic rings. The van der Waals surface area contributed by atoms with E-state index in [4.69, 9.17) is 0 Å². The second kappa shape index (κ2) is 5.61. The summed E-state index contributed by atoms with van der Waals surface area (Å²) in [6.07, 6.45) is 7.46. The summed E-state index contributed by atoms with van der Waals surface area (Å²) in [6, 6.07) is 4.20. The van der Waals surface area contributed by atoms with Gasteiger partial charge < -0.3 is 10.2 Å². The van der Waals surface area contributed by atoms with Crippen LogP contribution in [0, 0.1) is 0 Å². The van der Waals surface area contributed by atoms with Gasteiger partial charge in [0.1, 0.15) is 0 Å². The lowest BCUT2D eigenvalue weighted by atomic mass is 10.00. The molecule has 0 saturated carbocycles. The van der Waals surface area contributed by atoms with E-state index in [2.05, 4.69) is 41.3 Å². The number of pyridine rings is 1. The van der Waals surface area contributed by atoms with Crippen LogP contribution in [0.5, 0.6) is 0 Å². The average molecular weight is 233 g/mol. The fourth-order valence-corrected chi connectivity index (χ4v) is 2.64. The van der Waals surface area contributed by atoms with Gasteiger partial charge in [-0.15, -0.1) is 0 Å². The zero-order valence-electron chi connectivity index (χ0n) is 10.9. The highest BCUT2D eigenvalue weighted by Gasteiger charge is 2.28. The molecule has 94 valence electrons. The Balaban J connectivity index is 1.76. The maximum atomic E-state index is 4.04. The Bertz CT molecular complexity index is 331. The Morgan fingerprint density at radius 3 is 2.82 bits per heavy atom. The molecule has 1 N–H and O–H groups in total. The smallest absolute Gasteiger partial charge is 0.0280 e. The van der Waals surface area contributed by atoms with E-state index < -0.39 is 0 Å². The first kappa shape index (κ1) is 12.5. The van der Waals surface area contributed by atoms with Crippen LogP contribution in [0.3, 0.4) is 0 Å². The van der Waals surface area contributed by atoms with Gasteiger partial charge in [-0.25, -0.2) is 0 Å². The molecular formula is C14H23N3. The fraction of sp³-hybridized carbons (Fsp3) is 0.643. The molecule has 1 unspecified atom stereocenters. The van der Waals surface area contributed by atoms with E-state index in [-0.39, 0.29) is 0 Å². The molecular weight excluding hydrogens is 210 g/mol. The van der Waals surface area contributed by atoms with Gasteiger partial charge in [0.05, 0.1) is 0 Å². The van der Waals surface area contributed by atoms with Gasteiger partial charge in [0, 0.05) is 31.0 Å². The maximum Gasteiger partial charge on any atom is 0.0280 e. The van der Waals surface area contributed by atoms with Crippen LogP contribution in [0.2, 0.25) is 0 Å². The first-order valence-corrected chi connectivity index (χ1v) is 6.50. The van der Waals surface area contributed by atoms with Gasteiger partial charge in [0.2, 0.25) is 0 Å². The Morgan fingerprint density at radius 1 is 1.41 bits per heavy atom. The topological polar surface area (TPSA) is 28.2 Å². The quantitative estimate of drug-likeness (QED) is 0.839. The number of likely N-dealkylation sites (N-methyl/N-ethyl adjacent to an activating group) is 1. The third kappa shape index (κ3) is 3.79. The van der Waals surface area contributed by atoms with Crippen LogP contribution >= 0.6 is 0 Å². The highest BCUT2D eigenvalue weighted by Crippen LogP contribution is 2.19. The summed E-state index contributed by atoms with van der Waals surface area (Å²) in [6.45, 7) is 5.76. The van der Waals surface area contributed by atoms with E-state index in [9.17, 15) is 0 Å². The average Bonchev–Trinajstić information content (AvgIpc) is 2.74. The van der Waals surface area contributed by atoms with Crippen LogP contribution in [0.4, 0.5) is 0 Å². The maximum absolute atomic E-state index is 4.04. The zero-order valence-corrected chi connectivity index (χ0v) is 10.9. The molecule has 1 aromatic rings. The third-order valence-electron chi connectivity index (χ3n) is 3.61. The van der Waals surface area contributed by atoms with Crippen molar-refractivity contribution < 1.29 is 0 Å². The molecule has 0 spiro atoms. The molecule has 0 aromatic carbocycles. The Morgan fingerprint density at radius 2 is 2.18 bits per heavy atom. The minimum Gasteiger partial charge on any atom is -0.310 e. The van der Waals surface area contributed by atoms with Gasteiger partial charge in [0.15, 0.2) is 0 Å². The van der Waals surface area contributed by atoms with Crippen LogP contribution < -0.4 is 5.32 Å². The second-order valence-electron chi connectivity index (χ2n) is 5.43. The van der Waals surface area contributed by atoms with Crippen molar-refractivity contribution in [3.63, 3.8) is 0 Å². The molecule has 2 heterocycles. The Kier molecular flexibility index (Phi) is 4.13. The molecule has 0 amide bonds. The summed E-state index contributed by atoms with van der Waals surface area (Å²) in [5, 5.41) is 3.61. The number of hydrogen-bond acceptors (Lipinski definition) is 3. The van der Waals surface area contributed by atoms with Gasteiger partial charge in [-0.1, -0.05) is 0 Å². The molecule has 2 rings (SSSR count). The molecule has 1 atom stereocenters. The summed E-state index contributed by atoms with van der Waals surface area (Å²) < 4.78 is 0. The fourth-order valence-electron chi connectivity index (χ4n) is 2.64. The molecule has 3 heteroatoms. The number of hydrogen-bond donors (Lipinski definition) is 1. The van der Waals surface area contributed by atoms with Crippen molar-refractivity contribution in [3.8, 4) is 0 Å². The van der Waals surface area contributed by atoms with E-state index in [0.29, 0.717) is 5.54 Å². The summed E-state index contributed by atoms with van der Waals surface area (Å²) >= 11 is 0. The first-order chi connectivity index (χ1) is 8.18. The van der Waals surface area contributed by atoms with Gasteiger partial charge in [-0.2, -0.15) is 0 Å². The third-order valence-corrected chi connectivity index (χ3v) is 3.61. The van der Waals surface area contributed by atoms with Crippen molar-refractivity contribution in [1.29, 1.82) is 0 Å². The Labute approximate surface area is 104 Å². The highest BCUT2D eigenvalue weighted by molar-refractivity contribution is 5.09. The van der Waals surface area contributed by atoms with Gasteiger partial charge >= 0.3 is 0 Å². The molecule has 1 aliphatic heterocycles. The highest BCUT2D eigenvalue weighted by atomic mass is 15.1. The zero-order chi connectivity index (χ0) is 12.1. The SMILES string of the molecule is CN(CCc1ccncc1)CC1(C)CCCN1. The van der Waals surface area contributed by atoms with E-state index in [1.807, 2.05) is 12.4 Å². The van der Waals surface area contributed by atoms with E-state index in [0.717, 1.165) is 19.5 Å². The minimum atomic E-state index is 0.326. The molecule has 1 aromatic heterocycles. The van der Waals surface area contributed by atoms with Gasteiger partial charge in [-0.05, 0) is 57.5 Å². The van der Waals surface area contributed by atoms with Crippen molar-refractivity contribution in [2.75, 3.05) is 26.7 Å². The van der Waals surface area contributed by atoms with Gasteiger partial charge in [0.25, 0.3) is 0 Å². The summed E-state index contributed by atoms with van der Waals surface area (Å²) in [7, 11) is 2.21. The summed E-state index contributed by atoms with van der Waals surface area (Å²) in [5.74, 6) is 0. The van der Waals surface area contributed by atoms with E-state index >= 15 is 0 Å². The molecule has 17 heavy (non-hydrogen) atoms. The largest absolute Gasteiger partial charge is 0.310 e. The van der Waals surface area contributed by atoms with Crippen LogP contribution in [-0.4, -0.2) is 42.1 Å². The predicted octanol–water partition coefficient (Wildman–Crippen LogP) is 1.70. The molecule has 1 fully saturated rings. The molecule has 1 saturated heterocycles. The van der Waals surface area contributed by atoms with Crippen molar-refractivity contribution in [2.45, 2.75) is 31.7 Å². The van der Waals surface area contributed by atoms with E-state index in [1.54, 1.807) is 0 Å². The van der Waals surface area contributed by atoms with E-state index in [1.165, 1.54) is 24.9 Å². The molecule has 0 radical (unpaired) electrons. The number of aromatic nitrogens is 1.